The molecule has 6 nitrogen and oxygen atoms in total. The number of alkyl halides is 1. The van der Waals surface area contributed by atoms with Gasteiger partial charge in [0.2, 0.25) is 0 Å². The monoisotopic (exact) mass is 292 g/mol. The second kappa shape index (κ2) is 6.32. The SMILES string of the molecule is CC(Cl)OC(=O)N1CC[C@@H](NC(=O)OC(C)(C)C)C1. The smallest absolute Gasteiger partial charge is 0.411 e. The fraction of sp³-hybridized carbons (Fsp3) is 0.833. The number of ether oxygens (including phenoxy) is 2. The van der Waals surface area contributed by atoms with Gasteiger partial charge in [-0.15, -0.1) is 0 Å². The quantitative estimate of drug-likeness (QED) is 0.793. The van der Waals surface area contributed by atoms with E-state index in [1.54, 1.807) is 27.7 Å². The summed E-state index contributed by atoms with van der Waals surface area (Å²) in [5.41, 5.74) is -1.19. The van der Waals surface area contributed by atoms with Gasteiger partial charge in [0.15, 0.2) is 5.56 Å². The Labute approximate surface area is 118 Å². The van der Waals surface area contributed by atoms with Gasteiger partial charge in [-0.3, -0.25) is 0 Å². The fourth-order valence-corrected chi connectivity index (χ4v) is 1.81. The third-order valence-corrected chi connectivity index (χ3v) is 2.52. The number of amides is 2. The first-order chi connectivity index (χ1) is 8.67. The lowest BCUT2D eigenvalue weighted by atomic mass is 10.2. The highest BCUT2D eigenvalue weighted by molar-refractivity contribution is 6.19. The Morgan fingerprint density at radius 2 is 2.05 bits per heavy atom. The molecule has 0 bridgehead atoms. The average Bonchev–Trinajstić information content (AvgIpc) is 2.61. The Morgan fingerprint density at radius 1 is 1.42 bits per heavy atom. The van der Waals surface area contributed by atoms with E-state index < -0.39 is 23.4 Å². The molecule has 0 radical (unpaired) electrons. The lowest BCUT2D eigenvalue weighted by molar-refractivity contribution is 0.0502. The topological polar surface area (TPSA) is 67.9 Å². The first kappa shape index (κ1) is 15.9. The van der Waals surface area contributed by atoms with Gasteiger partial charge in [-0.1, -0.05) is 11.6 Å². The van der Waals surface area contributed by atoms with Crippen LogP contribution in [0.25, 0.3) is 0 Å². The van der Waals surface area contributed by atoms with Gasteiger partial charge in [-0.05, 0) is 34.1 Å². The number of nitrogens with one attached hydrogen (secondary N) is 1. The molecule has 1 rings (SSSR count). The van der Waals surface area contributed by atoms with Crippen LogP contribution in [0.5, 0.6) is 0 Å². The minimum absolute atomic E-state index is 0.118. The number of carbonyl (C=O) groups is 2. The summed E-state index contributed by atoms with van der Waals surface area (Å²) in [6.07, 6.45) is -0.264. The average molecular weight is 293 g/mol. The van der Waals surface area contributed by atoms with Crippen molar-refractivity contribution in [3.05, 3.63) is 0 Å². The summed E-state index contributed by atoms with van der Waals surface area (Å²) in [6, 6.07) is -0.118. The highest BCUT2D eigenvalue weighted by atomic mass is 35.5. The summed E-state index contributed by atoms with van der Waals surface area (Å²) in [4.78, 5) is 24.7. The fourth-order valence-electron chi connectivity index (χ4n) is 1.73. The van der Waals surface area contributed by atoms with Crippen molar-refractivity contribution >= 4 is 23.8 Å². The Balaban J connectivity index is 2.36. The Bertz CT molecular complexity index is 341. The molecule has 19 heavy (non-hydrogen) atoms. The molecule has 0 saturated carbocycles. The van der Waals surface area contributed by atoms with Crippen molar-refractivity contribution in [2.24, 2.45) is 0 Å². The van der Waals surface area contributed by atoms with Gasteiger partial charge in [0.25, 0.3) is 0 Å². The van der Waals surface area contributed by atoms with Gasteiger partial charge in [0, 0.05) is 13.1 Å². The summed E-state index contributed by atoms with van der Waals surface area (Å²) >= 11 is 5.58. The van der Waals surface area contributed by atoms with Crippen molar-refractivity contribution in [2.45, 2.75) is 51.3 Å². The second-order valence-corrected chi connectivity index (χ2v) is 6.12. The molecule has 7 heteroatoms. The molecule has 2 atom stereocenters. The molecule has 1 fully saturated rings. The largest absolute Gasteiger partial charge is 0.444 e. The van der Waals surface area contributed by atoms with E-state index in [1.807, 2.05) is 0 Å². The Kier molecular flexibility index (Phi) is 5.29. The molecule has 0 aromatic heterocycles. The van der Waals surface area contributed by atoms with Crippen molar-refractivity contribution in [2.75, 3.05) is 13.1 Å². The van der Waals surface area contributed by atoms with E-state index in [1.165, 1.54) is 4.90 Å². The highest BCUT2D eigenvalue weighted by Gasteiger charge is 2.30. The van der Waals surface area contributed by atoms with Crippen LogP contribution < -0.4 is 5.32 Å². The lowest BCUT2D eigenvalue weighted by Gasteiger charge is -2.22. The van der Waals surface area contributed by atoms with Crippen molar-refractivity contribution in [1.82, 2.24) is 10.2 Å². The minimum atomic E-state index is -0.662. The number of nitrogens with zero attached hydrogens (tertiary/aromatic N) is 1. The number of hydrogen-bond acceptors (Lipinski definition) is 4. The van der Waals surface area contributed by atoms with Crippen LogP contribution in [0.3, 0.4) is 0 Å². The predicted molar refractivity (Wildman–Crippen MR) is 71.1 cm³/mol. The Morgan fingerprint density at radius 3 is 2.58 bits per heavy atom. The van der Waals surface area contributed by atoms with E-state index in [0.717, 1.165) is 0 Å². The van der Waals surface area contributed by atoms with Crippen LogP contribution in [0, 0.1) is 0 Å². The van der Waals surface area contributed by atoms with Gasteiger partial charge in [-0.25, -0.2) is 9.59 Å². The van der Waals surface area contributed by atoms with Crippen molar-refractivity contribution < 1.29 is 19.1 Å². The molecule has 1 aliphatic rings. The molecule has 0 spiro atoms. The van der Waals surface area contributed by atoms with Crippen molar-refractivity contribution in [3.63, 3.8) is 0 Å². The molecule has 1 heterocycles. The zero-order valence-electron chi connectivity index (χ0n) is 11.7. The molecule has 110 valence electrons. The summed E-state index contributed by atoms with van der Waals surface area (Å²) in [7, 11) is 0. The second-order valence-electron chi connectivity index (χ2n) is 5.50. The maximum atomic E-state index is 11.6. The standard InChI is InChI=1S/C12H21ClN2O4/c1-8(13)18-11(17)15-6-5-9(7-15)14-10(16)19-12(2,3)4/h8-9H,5-7H2,1-4H3,(H,14,16)/t8?,9-/m1/s1. The number of carbonyl (C=O) groups excluding carboxylic acids is 2. The van der Waals surface area contributed by atoms with E-state index in [4.69, 9.17) is 21.1 Å². The highest BCUT2D eigenvalue weighted by Crippen LogP contribution is 2.13. The van der Waals surface area contributed by atoms with Crippen LogP contribution in [-0.2, 0) is 9.47 Å². The van der Waals surface area contributed by atoms with Gasteiger partial charge in [0.05, 0.1) is 6.04 Å². The van der Waals surface area contributed by atoms with Gasteiger partial charge < -0.3 is 19.7 Å². The van der Waals surface area contributed by atoms with Crippen LogP contribution in [0.1, 0.15) is 34.1 Å². The molecule has 2 amide bonds. The Hall–Kier alpha value is -1.17. The van der Waals surface area contributed by atoms with E-state index in [0.29, 0.717) is 19.5 Å². The van der Waals surface area contributed by atoms with Crippen LogP contribution in [0.4, 0.5) is 9.59 Å². The summed E-state index contributed by atoms with van der Waals surface area (Å²) in [5.74, 6) is 0. The lowest BCUT2D eigenvalue weighted by Crippen LogP contribution is -2.41. The first-order valence-electron chi connectivity index (χ1n) is 6.26. The molecule has 1 aliphatic heterocycles. The first-order valence-corrected chi connectivity index (χ1v) is 6.70. The number of alkyl carbamates (subject to hydrolysis) is 1. The third kappa shape index (κ3) is 6.00. The molecule has 1 saturated heterocycles. The number of hydrogen-bond donors (Lipinski definition) is 1. The molecule has 0 aliphatic carbocycles. The maximum Gasteiger partial charge on any atom is 0.411 e. The van der Waals surface area contributed by atoms with Crippen molar-refractivity contribution in [3.8, 4) is 0 Å². The summed E-state index contributed by atoms with van der Waals surface area (Å²) in [5, 5.41) is 2.73. The van der Waals surface area contributed by atoms with Gasteiger partial charge in [0.1, 0.15) is 5.60 Å². The zero-order chi connectivity index (χ0) is 14.6. The number of rotatable bonds is 2. The van der Waals surface area contributed by atoms with Crippen LogP contribution in [-0.4, -0.2) is 47.4 Å². The predicted octanol–water partition coefficient (Wildman–Crippen LogP) is 2.31. The van der Waals surface area contributed by atoms with Gasteiger partial charge in [-0.2, -0.15) is 0 Å². The molecule has 0 aromatic rings. The molecule has 0 aromatic carbocycles. The number of likely N-dealkylation sites (tertiary alicyclic amines) is 1. The van der Waals surface area contributed by atoms with E-state index >= 15 is 0 Å². The molecular weight excluding hydrogens is 272 g/mol. The minimum Gasteiger partial charge on any atom is -0.444 e. The maximum absolute atomic E-state index is 11.6. The molecule has 1 N–H and O–H groups in total. The van der Waals surface area contributed by atoms with E-state index in [9.17, 15) is 9.59 Å². The third-order valence-electron chi connectivity index (χ3n) is 2.43. The van der Waals surface area contributed by atoms with Crippen LogP contribution in [0.15, 0.2) is 0 Å². The van der Waals surface area contributed by atoms with Crippen LogP contribution >= 0.6 is 11.6 Å². The van der Waals surface area contributed by atoms with Crippen LogP contribution in [0.2, 0.25) is 0 Å². The van der Waals surface area contributed by atoms with E-state index in [-0.39, 0.29) is 6.04 Å². The van der Waals surface area contributed by atoms with Crippen molar-refractivity contribution in [1.29, 1.82) is 0 Å². The normalized spacial score (nSPS) is 20.9. The summed E-state index contributed by atoms with van der Waals surface area (Å²) in [6.45, 7) is 7.91. The van der Waals surface area contributed by atoms with E-state index in [2.05, 4.69) is 5.32 Å². The summed E-state index contributed by atoms with van der Waals surface area (Å²) < 4.78 is 10.0. The number of halogens is 1. The van der Waals surface area contributed by atoms with Gasteiger partial charge >= 0.3 is 12.2 Å². The molecular formula is C12H21ClN2O4. The zero-order valence-corrected chi connectivity index (χ0v) is 12.5. The molecule has 1 unspecified atom stereocenters.